The van der Waals surface area contributed by atoms with Crippen LogP contribution < -0.4 is 5.32 Å². The Morgan fingerprint density at radius 2 is 1.83 bits per heavy atom. The van der Waals surface area contributed by atoms with Gasteiger partial charge in [0.05, 0.1) is 5.56 Å². The van der Waals surface area contributed by atoms with Gasteiger partial charge >= 0.3 is 5.97 Å². The molecule has 120 valence electrons. The molecule has 1 heterocycles. The summed E-state index contributed by atoms with van der Waals surface area (Å²) in [7, 11) is 0. The lowest BCUT2D eigenvalue weighted by atomic mass is 10.1. The van der Waals surface area contributed by atoms with Gasteiger partial charge in [-0.05, 0) is 41.3 Å². The van der Waals surface area contributed by atoms with E-state index in [-0.39, 0.29) is 17.8 Å². The number of pyridine rings is 1. The lowest BCUT2D eigenvalue weighted by Crippen LogP contribution is -2.24. The third-order valence-corrected chi connectivity index (χ3v) is 3.60. The number of carbonyl (C=O) groups is 2. The van der Waals surface area contributed by atoms with Gasteiger partial charge in [0, 0.05) is 18.1 Å². The fraction of sp³-hybridized carbons (Fsp3) is 0.0556. The number of fused-ring (bicyclic) bond motifs is 1. The number of aromatic nitrogens is 1. The van der Waals surface area contributed by atoms with Gasteiger partial charge in [0.15, 0.2) is 0 Å². The molecule has 2 N–H and O–H groups in total. The van der Waals surface area contributed by atoms with Gasteiger partial charge in [0.1, 0.15) is 11.5 Å². The molecule has 3 rings (SSSR count). The van der Waals surface area contributed by atoms with Crippen LogP contribution in [0.4, 0.5) is 4.39 Å². The molecular weight excluding hydrogens is 311 g/mol. The zero-order valence-corrected chi connectivity index (χ0v) is 12.5. The standard InChI is InChI=1S/C18H13FN2O3/c19-14-6-5-12-7-8-20-16(15(12)9-14)17(22)21-10-11-1-3-13(4-2-11)18(23)24/h1-9H,10H2,(H,21,22)(H,23,24). The van der Waals surface area contributed by atoms with Crippen molar-refractivity contribution in [2.45, 2.75) is 6.54 Å². The third kappa shape index (κ3) is 3.22. The van der Waals surface area contributed by atoms with E-state index in [0.29, 0.717) is 5.39 Å². The number of halogens is 1. The minimum absolute atomic E-state index is 0.147. The molecule has 0 saturated heterocycles. The second kappa shape index (κ2) is 6.45. The minimum Gasteiger partial charge on any atom is -0.478 e. The molecule has 0 fully saturated rings. The monoisotopic (exact) mass is 324 g/mol. The minimum atomic E-state index is -1.01. The highest BCUT2D eigenvalue weighted by Gasteiger charge is 2.12. The second-order valence-electron chi connectivity index (χ2n) is 5.21. The predicted molar refractivity (Wildman–Crippen MR) is 86.3 cm³/mol. The maximum Gasteiger partial charge on any atom is 0.335 e. The Bertz CT molecular complexity index is 923. The molecular formula is C18H13FN2O3. The van der Waals surface area contributed by atoms with Gasteiger partial charge in [0.2, 0.25) is 0 Å². The summed E-state index contributed by atoms with van der Waals surface area (Å²) in [4.78, 5) is 27.2. The molecule has 5 nitrogen and oxygen atoms in total. The molecule has 6 heteroatoms. The predicted octanol–water partition coefficient (Wildman–Crippen LogP) is 3.00. The molecule has 2 aromatic carbocycles. The van der Waals surface area contributed by atoms with Crippen molar-refractivity contribution in [3.05, 3.63) is 77.4 Å². The molecule has 3 aromatic rings. The largest absolute Gasteiger partial charge is 0.478 e. The van der Waals surface area contributed by atoms with E-state index >= 15 is 0 Å². The van der Waals surface area contributed by atoms with E-state index < -0.39 is 17.7 Å². The molecule has 1 aromatic heterocycles. The molecule has 0 aliphatic rings. The normalized spacial score (nSPS) is 10.5. The number of amides is 1. The number of nitrogens with one attached hydrogen (secondary N) is 1. The number of hydrogen-bond acceptors (Lipinski definition) is 3. The molecule has 0 saturated carbocycles. The Labute approximate surface area is 136 Å². The molecule has 1 amide bonds. The van der Waals surface area contributed by atoms with Crippen molar-refractivity contribution < 1.29 is 19.1 Å². The summed E-state index contributed by atoms with van der Waals surface area (Å²) >= 11 is 0. The number of carbonyl (C=O) groups excluding carboxylic acids is 1. The Kier molecular flexibility index (Phi) is 4.20. The van der Waals surface area contributed by atoms with Crippen LogP contribution in [0, 0.1) is 5.82 Å². The van der Waals surface area contributed by atoms with E-state index in [2.05, 4.69) is 10.3 Å². The van der Waals surface area contributed by atoms with E-state index in [1.165, 1.54) is 30.5 Å². The van der Waals surface area contributed by atoms with Crippen LogP contribution in [0.2, 0.25) is 0 Å². The summed E-state index contributed by atoms with van der Waals surface area (Å²) in [5.41, 5.74) is 1.07. The third-order valence-electron chi connectivity index (χ3n) is 3.60. The SMILES string of the molecule is O=C(O)c1ccc(CNC(=O)c2nccc3ccc(F)cc23)cc1. The van der Waals surface area contributed by atoms with E-state index in [9.17, 15) is 14.0 Å². The van der Waals surface area contributed by atoms with Crippen LogP contribution in [0.1, 0.15) is 26.4 Å². The van der Waals surface area contributed by atoms with Crippen LogP contribution in [0.15, 0.2) is 54.7 Å². The number of carboxylic acids is 1. The summed E-state index contributed by atoms with van der Waals surface area (Å²) < 4.78 is 13.4. The highest BCUT2D eigenvalue weighted by Crippen LogP contribution is 2.18. The first-order chi connectivity index (χ1) is 11.5. The molecule has 0 unspecified atom stereocenters. The Morgan fingerprint density at radius 1 is 1.08 bits per heavy atom. The van der Waals surface area contributed by atoms with Crippen LogP contribution in [0.25, 0.3) is 10.8 Å². The number of benzene rings is 2. The van der Waals surface area contributed by atoms with Gasteiger partial charge in [-0.15, -0.1) is 0 Å². The summed E-state index contributed by atoms with van der Waals surface area (Å²) in [5.74, 6) is -1.87. The van der Waals surface area contributed by atoms with Gasteiger partial charge in [-0.25, -0.2) is 9.18 Å². The molecule has 0 aliphatic heterocycles. The first kappa shape index (κ1) is 15.6. The van der Waals surface area contributed by atoms with E-state index in [1.54, 1.807) is 24.3 Å². The Morgan fingerprint density at radius 3 is 2.54 bits per heavy atom. The Balaban J connectivity index is 1.78. The van der Waals surface area contributed by atoms with Crippen LogP contribution in [-0.4, -0.2) is 22.0 Å². The fourth-order valence-corrected chi connectivity index (χ4v) is 2.35. The zero-order chi connectivity index (χ0) is 17.1. The average molecular weight is 324 g/mol. The molecule has 0 radical (unpaired) electrons. The van der Waals surface area contributed by atoms with Gasteiger partial charge in [0.25, 0.3) is 5.91 Å². The van der Waals surface area contributed by atoms with Crippen molar-refractivity contribution in [1.82, 2.24) is 10.3 Å². The van der Waals surface area contributed by atoms with Crippen LogP contribution in [0.3, 0.4) is 0 Å². The van der Waals surface area contributed by atoms with E-state index in [0.717, 1.165) is 10.9 Å². The van der Waals surface area contributed by atoms with Crippen LogP contribution in [-0.2, 0) is 6.54 Å². The van der Waals surface area contributed by atoms with Crippen molar-refractivity contribution in [1.29, 1.82) is 0 Å². The van der Waals surface area contributed by atoms with E-state index in [1.807, 2.05) is 0 Å². The highest BCUT2D eigenvalue weighted by atomic mass is 19.1. The van der Waals surface area contributed by atoms with Crippen LogP contribution >= 0.6 is 0 Å². The topological polar surface area (TPSA) is 79.3 Å². The quantitative estimate of drug-likeness (QED) is 0.773. The number of carboxylic acid groups (broad SMARTS) is 1. The lowest BCUT2D eigenvalue weighted by molar-refractivity contribution is 0.0696. The molecule has 0 aliphatic carbocycles. The molecule has 24 heavy (non-hydrogen) atoms. The van der Waals surface area contributed by atoms with Crippen molar-refractivity contribution in [3.63, 3.8) is 0 Å². The molecule has 0 spiro atoms. The zero-order valence-electron chi connectivity index (χ0n) is 12.5. The number of rotatable bonds is 4. The maximum atomic E-state index is 13.4. The first-order valence-corrected chi connectivity index (χ1v) is 7.19. The Hall–Kier alpha value is -3.28. The van der Waals surface area contributed by atoms with E-state index in [4.69, 9.17) is 5.11 Å². The second-order valence-corrected chi connectivity index (χ2v) is 5.21. The van der Waals surface area contributed by atoms with Crippen LogP contribution in [0.5, 0.6) is 0 Å². The maximum absolute atomic E-state index is 13.4. The van der Waals surface area contributed by atoms with Crippen molar-refractivity contribution in [2.75, 3.05) is 0 Å². The number of nitrogens with zero attached hydrogens (tertiary/aromatic N) is 1. The fourth-order valence-electron chi connectivity index (χ4n) is 2.35. The van der Waals surface area contributed by atoms with Crippen molar-refractivity contribution in [3.8, 4) is 0 Å². The summed E-state index contributed by atoms with van der Waals surface area (Å²) in [6.45, 7) is 0.214. The number of hydrogen-bond donors (Lipinski definition) is 2. The van der Waals surface area contributed by atoms with Gasteiger partial charge in [-0.3, -0.25) is 9.78 Å². The van der Waals surface area contributed by atoms with Crippen molar-refractivity contribution in [2.24, 2.45) is 0 Å². The molecule has 0 atom stereocenters. The smallest absolute Gasteiger partial charge is 0.335 e. The average Bonchev–Trinajstić information content (AvgIpc) is 2.59. The highest BCUT2D eigenvalue weighted by molar-refractivity contribution is 6.05. The summed E-state index contributed by atoms with van der Waals surface area (Å²) in [5, 5.41) is 12.7. The van der Waals surface area contributed by atoms with Gasteiger partial charge < -0.3 is 10.4 Å². The van der Waals surface area contributed by atoms with Gasteiger partial charge in [-0.2, -0.15) is 0 Å². The summed E-state index contributed by atoms with van der Waals surface area (Å²) in [6, 6.07) is 12.1. The van der Waals surface area contributed by atoms with Gasteiger partial charge in [-0.1, -0.05) is 18.2 Å². The lowest BCUT2D eigenvalue weighted by Gasteiger charge is -2.08. The number of aromatic carboxylic acids is 1. The van der Waals surface area contributed by atoms with Crippen molar-refractivity contribution >= 4 is 22.6 Å². The molecule has 0 bridgehead atoms. The summed E-state index contributed by atoms with van der Waals surface area (Å²) in [6.07, 6.45) is 1.50. The first-order valence-electron chi connectivity index (χ1n) is 7.19.